The molecule has 0 saturated carbocycles. The van der Waals surface area contributed by atoms with Crippen molar-refractivity contribution in [3.05, 3.63) is 29.8 Å². The van der Waals surface area contributed by atoms with Gasteiger partial charge in [0.1, 0.15) is 11.8 Å². The summed E-state index contributed by atoms with van der Waals surface area (Å²) in [6.45, 7) is 9.16. The van der Waals surface area contributed by atoms with Gasteiger partial charge in [-0.2, -0.15) is 0 Å². The van der Waals surface area contributed by atoms with Gasteiger partial charge in [0.2, 0.25) is 5.91 Å². The number of carbonyl (C=O) groups is 2. The van der Waals surface area contributed by atoms with Crippen molar-refractivity contribution in [2.75, 3.05) is 0 Å². The van der Waals surface area contributed by atoms with Crippen LogP contribution in [-0.2, 0) is 16.0 Å². The Morgan fingerprint density at radius 3 is 2.17 bits per heavy atom. The lowest BCUT2D eigenvalue weighted by Gasteiger charge is -2.19. The highest BCUT2D eigenvalue weighted by atomic mass is 16.5. The van der Waals surface area contributed by atoms with Crippen LogP contribution in [-0.4, -0.2) is 30.0 Å². The van der Waals surface area contributed by atoms with Gasteiger partial charge in [-0.25, -0.2) is 5.43 Å². The van der Waals surface area contributed by atoms with E-state index >= 15 is 0 Å². The molecule has 6 heteroatoms. The zero-order valence-corrected chi connectivity index (χ0v) is 14.5. The molecular weight excluding hydrogens is 294 g/mol. The number of carbonyl (C=O) groups excluding carboxylic acids is 2. The highest BCUT2D eigenvalue weighted by Gasteiger charge is 2.20. The largest absolute Gasteiger partial charge is 0.491 e. The molecule has 0 heterocycles. The van der Waals surface area contributed by atoms with Crippen molar-refractivity contribution in [2.24, 2.45) is 0 Å². The Morgan fingerprint density at radius 1 is 1.09 bits per heavy atom. The second kappa shape index (κ2) is 9.15. The van der Waals surface area contributed by atoms with Gasteiger partial charge in [-0.3, -0.25) is 15.0 Å². The van der Waals surface area contributed by atoms with Crippen molar-refractivity contribution in [1.82, 2.24) is 16.2 Å². The Morgan fingerprint density at radius 2 is 1.70 bits per heavy atom. The van der Waals surface area contributed by atoms with E-state index in [1.54, 1.807) is 0 Å². The third-order valence-corrected chi connectivity index (χ3v) is 2.91. The van der Waals surface area contributed by atoms with Gasteiger partial charge in [0.25, 0.3) is 5.91 Å². The summed E-state index contributed by atoms with van der Waals surface area (Å²) in [6.07, 6.45) is 0.522. The van der Waals surface area contributed by atoms with E-state index < -0.39 is 6.04 Å². The molecule has 3 N–H and O–H groups in total. The fourth-order valence-corrected chi connectivity index (χ4v) is 1.97. The van der Waals surface area contributed by atoms with Gasteiger partial charge < -0.3 is 10.1 Å². The lowest BCUT2D eigenvalue weighted by molar-refractivity contribution is -0.128. The monoisotopic (exact) mass is 321 g/mol. The summed E-state index contributed by atoms with van der Waals surface area (Å²) < 4.78 is 5.59. The van der Waals surface area contributed by atoms with Crippen LogP contribution in [0, 0.1) is 0 Å². The Hall–Kier alpha value is -2.08. The molecule has 6 nitrogen and oxygen atoms in total. The fourth-order valence-electron chi connectivity index (χ4n) is 1.97. The van der Waals surface area contributed by atoms with Gasteiger partial charge >= 0.3 is 0 Å². The summed E-state index contributed by atoms with van der Waals surface area (Å²) in [5.74, 6) is 0.275. The van der Waals surface area contributed by atoms with Crippen LogP contribution in [0.4, 0.5) is 0 Å². The molecule has 0 aliphatic heterocycles. The maximum atomic E-state index is 12.2. The number of rotatable bonds is 8. The summed E-state index contributed by atoms with van der Waals surface area (Å²) in [5, 5.41) is 2.68. The molecule has 0 aliphatic carbocycles. The van der Waals surface area contributed by atoms with Crippen LogP contribution in [0.3, 0.4) is 0 Å². The van der Waals surface area contributed by atoms with E-state index in [1.807, 2.05) is 52.0 Å². The van der Waals surface area contributed by atoms with E-state index in [9.17, 15) is 9.59 Å². The predicted octanol–water partition coefficient (Wildman–Crippen LogP) is 1.55. The minimum atomic E-state index is -0.629. The zero-order chi connectivity index (χ0) is 17.4. The molecule has 2 amide bonds. The first kappa shape index (κ1) is 19.0. The fraction of sp³-hybridized carbons (Fsp3) is 0.529. The molecule has 1 aromatic rings. The Balaban J connectivity index is 2.72. The molecule has 0 fully saturated rings. The number of benzene rings is 1. The lowest BCUT2D eigenvalue weighted by Crippen LogP contribution is -2.52. The molecule has 0 aliphatic rings. The van der Waals surface area contributed by atoms with Crippen molar-refractivity contribution >= 4 is 11.8 Å². The number of amides is 2. The normalized spacial score (nSPS) is 12.1. The molecule has 128 valence electrons. The van der Waals surface area contributed by atoms with Gasteiger partial charge in [0, 0.05) is 19.4 Å². The average molecular weight is 321 g/mol. The third-order valence-electron chi connectivity index (χ3n) is 2.91. The molecular formula is C17H27N3O3. The first-order valence-electron chi connectivity index (χ1n) is 7.86. The minimum absolute atomic E-state index is 0.112. The van der Waals surface area contributed by atoms with Gasteiger partial charge in [-0.05, 0) is 45.4 Å². The second-order valence-corrected chi connectivity index (χ2v) is 6.06. The van der Waals surface area contributed by atoms with Crippen LogP contribution in [0.25, 0.3) is 0 Å². The molecule has 1 rings (SSSR count). The first-order chi connectivity index (χ1) is 10.8. The molecule has 23 heavy (non-hydrogen) atoms. The van der Waals surface area contributed by atoms with E-state index in [2.05, 4.69) is 16.2 Å². The third kappa shape index (κ3) is 7.65. The highest BCUT2D eigenvalue weighted by molar-refractivity contribution is 5.86. The van der Waals surface area contributed by atoms with Gasteiger partial charge in [-0.1, -0.05) is 12.1 Å². The SMILES string of the molecule is CC(=O)N[C@H](Cc1ccc(OC(C)C)cc1)C(=O)NNC(C)C. The van der Waals surface area contributed by atoms with Crippen molar-refractivity contribution < 1.29 is 14.3 Å². The van der Waals surface area contributed by atoms with Gasteiger partial charge in [-0.15, -0.1) is 0 Å². The summed E-state index contributed by atoms with van der Waals surface area (Å²) in [6, 6.07) is 7.01. The van der Waals surface area contributed by atoms with Crippen LogP contribution in [0.5, 0.6) is 5.75 Å². The van der Waals surface area contributed by atoms with Crippen molar-refractivity contribution in [1.29, 1.82) is 0 Å². The Labute approximate surface area is 138 Å². The summed E-state index contributed by atoms with van der Waals surface area (Å²) in [4.78, 5) is 23.5. The molecule has 0 saturated heterocycles. The topological polar surface area (TPSA) is 79.5 Å². The quantitative estimate of drug-likeness (QED) is 0.635. The van der Waals surface area contributed by atoms with Crippen molar-refractivity contribution in [3.8, 4) is 5.75 Å². The zero-order valence-electron chi connectivity index (χ0n) is 14.5. The second-order valence-electron chi connectivity index (χ2n) is 6.06. The van der Waals surface area contributed by atoms with Crippen LogP contribution >= 0.6 is 0 Å². The van der Waals surface area contributed by atoms with Gasteiger partial charge in [0.15, 0.2) is 0 Å². The number of hydrogen-bond acceptors (Lipinski definition) is 4. The van der Waals surface area contributed by atoms with E-state index in [-0.39, 0.29) is 24.0 Å². The Kier molecular flexibility index (Phi) is 7.54. The number of hydrazine groups is 1. The minimum Gasteiger partial charge on any atom is -0.491 e. The van der Waals surface area contributed by atoms with Crippen LogP contribution in [0.1, 0.15) is 40.2 Å². The molecule has 1 atom stereocenters. The molecule has 0 radical (unpaired) electrons. The van der Waals surface area contributed by atoms with E-state index in [1.165, 1.54) is 6.92 Å². The molecule has 0 bridgehead atoms. The standard InChI is InChI=1S/C17H27N3O3/c1-11(2)19-20-17(22)16(18-13(5)21)10-14-6-8-15(9-7-14)23-12(3)4/h6-9,11-12,16,19H,10H2,1-5H3,(H,18,21)(H,20,22)/t16-/m1/s1. The smallest absolute Gasteiger partial charge is 0.256 e. The molecule has 1 aromatic carbocycles. The van der Waals surface area contributed by atoms with Gasteiger partial charge in [0.05, 0.1) is 6.10 Å². The molecule has 0 unspecified atom stereocenters. The van der Waals surface area contributed by atoms with Crippen LogP contribution in [0.2, 0.25) is 0 Å². The lowest BCUT2D eigenvalue weighted by atomic mass is 10.1. The summed E-state index contributed by atoms with van der Waals surface area (Å²) in [5.41, 5.74) is 6.41. The van der Waals surface area contributed by atoms with Crippen LogP contribution in [0.15, 0.2) is 24.3 Å². The number of nitrogens with one attached hydrogen (secondary N) is 3. The average Bonchev–Trinajstić information content (AvgIpc) is 2.45. The summed E-state index contributed by atoms with van der Waals surface area (Å²) >= 11 is 0. The molecule has 0 aromatic heterocycles. The predicted molar refractivity (Wildman–Crippen MR) is 89.9 cm³/mol. The van der Waals surface area contributed by atoms with E-state index in [0.29, 0.717) is 6.42 Å². The maximum absolute atomic E-state index is 12.2. The van der Waals surface area contributed by atoms with E-state index in [0.717, 1.165) is 11.3 Å². The number of ether oxygens (including phenoxy) is 1. The van der Waals surface area contributed by atoms with Crippen molar-refractivity contribution in [2.45, 2.75) is 59.2 Å². The maximum Gasteiger partial charge on any atom is 0.256 e. The van der Waals surface area contributed by atoms with Crippen molar-refractivity contribution in [3.63, 3.8) is 0 Å². The van der Waals surface area contributed by atoms with Crippen LogP contribution < -0.4 is 20.9 Å². The van der Waals surface area contributed by atoms with E-state index in [4.69, 9.17) is 4.74 Å². The number of hydrogen-bond donors (Lipinski definition) is 3. The highest BCUT2D eigenvalue weighted by Crippen LogP contribution is 2.15. The molecule has 0 spiro atoms. The Bertz CT molecular complexity index is 512. The first-order valence-corrected chi connectivity index (χ1v) is 7.86. The summed E-state index contributed by atoms with van der Waals surface area (Å²) in [7, 11) is 0.